The molecule has 3 rings (SSSR count). The van der Waals surface area contributed by atoms with Gasteiger partial charge in [0.25, 0.3) is 0 Å². The minimum atomic E-state index is -1.20. The number of halogens is 1. The maximum absolute atomic E-state index is 11.0. The first kappa shape index (κ1) is 22.1. The molecule has 0 saturated heterocycles. The molecule has 1 aromatic carbocycles. The molecule has 1 amide bonds. The van der Waals surface area contributed by atoms with Crippen molar-refractivity contribution in [1.29, 1.82) is 0 Å². The van der Waals surface area contributed by atoms with Crippen LogP contribution in [0.4, 0.5) is 10.5 Å². The number of hydrogen-bond acceptors (Lipinski definition) is 5. The van der Waals surface area contributed by atoms with E-state index in [0.29, 0.717) is 35.9 Å². The molecule has 159 valence electrons. The van der Waals surface area contributed by atoms with Crippen LogP contribution in [-0.2, 0) is 11.5 Å². The van der Waals surface area contributed by atoms with E-state index in [1.165, 1.54) is 7.11 Å². The summed E-state index contributed by atoms with van der Waals surface area (Å²) in [5, 5.41) is 12.0. The Morgan fingerprint density at radius 2 is 2.13 bits per heavy atom. The van der Waals surface area contributed by atoms with Gasteiger partial charge in [0.1, 0.15) is 6.73 Å². The van der Waals surface area contributed by atoms with E-state index in [4.69, 9.17) is 26.2 Å². The monoisotopic (exact) mass is 447 g/mol. The molecule has 0 atom stereocenters. The molecule has 0 unspecified atom stereocenters. The van der Waals surface area contributed by atoms with Crippen LogP contribution < -0.4 is 10.1 Å². The van der Waals surface area contributed by atoms with Crippen LogP contribution in [-0.4, -0.2) is 47.5 Å². The van der Waals surface area contributed by atoms with Crippen LogP contribution in [0.15, 0.2) is 24.4 Å². The van der Waals surface area contributed by atoms with Gasteiger partial charge in [-0.25, -0.2) is 4.79 Å². The maximum Gasteiger partial charge on any atom is 0.409 e. The Bertz CT molecular complexity index is 1060. The largest absolute Gasteiger partial charge is 0.480 e. The highest BCUT2D eigenvalue weighted by atomic mass is 35.5. The van der Waals surface area contributed by atoms with Crippen molar-refractivity contribution in [2.75, 3.05) is 19.0 Å². The van der Waals surface area contributed by atoms with E-state index in [0.717, 1.165) is 17.2 Å². The van der Waals surface area contributed by atoms with Gasteiger partial charge >= 0.3 is 6.09 Å². The standard InChI is InChI=1S/C20H24ClN4O4Si/c1-28-18-16-15(13-6-5-7-14(10-13)22-20(26)27)11-25(17(16)23-19(21)24-18)12-29-8-9-30(2,3)4/h5-6,10-11,22H,8-9,12H2,1-4H3,(H,26,27). The molecule has 0 aliphatic rings. The molecular weight excluding hydrogens is 424 g/mol. The molecule has 0 fully saturated rings. The summed E-state index contributed by atoms with van der Waals surface area (Å²) in [6.45, 7) is 7.86. The SMILES string of the molecule is COc1nc(Cl)nc2c1c(-c1cc[c]c(NC(=O)O)c1)cn2COCC[Si](C)(C)C. The highest BCUT2D eigenvalue weighted by molar-refractivity contribution is 6.76. The molecule has 0 saturated carbocycles. The summed E-state index contributed by atoms with van der Waals surface area (Å²) in [6, 6.07) is 9.07. The van der Waals surface area contributed by atoms with E-state index in [-0.39, 0.29) is 5.28 Å². The van der Waals surface area contributed by atoms with Gasteiger partial charge in [-0.15, -0.1) is 0 Å². The lowest BCUT2D eigenvalue weighted by Crippen LogP contribution is -2.22. The topological polar surface area (TPSA) is 98.5 Å². The summed E-state index contributed by atoms with van der Waals surface area (Å²) < 4.78 is 13.2. The van der Waals surface area contributed by atoms with Gasteiger partial charge in [-0.1, -0.05) is 31.8 Å². The third-order valence-corrected chi connectivity index (χ3v) is 6.30. The van der Waals surface area contributed by atoms with Crippen molar-refractivity contribution in [1.82, 2.24) is 14.5 Å². The van der Waals surface area contributed by atoms with Gasteiger partial charge in [0, 0.05) is 32.5 Å². The molecule has 2 N–H and O–H groups in total. The summed E-state index contributed by atoms with van der Waals surface area (Å²) in [5.41, 5.74) is 2.44. The molecule has 1 radical (unpaired) electrons. The maximum atomic E-state index is 11.0. The van der Waals surface area contributed by atoms with E-state index in [2.05, 4.69) is 41.0 Å². The minimum absolute atomic E-state index is 0.0713. The number of nitrogens with zero attached hydrogens (tertiary/aromatic N) is 3. The summed E-state index contributed by atoms with van der Waals surface area (Å²) >= 11 is 6.10. The number of carboxylic acid groups (broad SMARTS) is 1. The second-order valence-electron chi connectivity index (χ2n) is 7.98. The van der Waals surface area contributed by atoms with Gasteiger partial charge in [0.2, 0.25) is 11.2 Å². The molecule has 0 aliphatic carbocycles. The Kier molecular flexibility index (Phi) is 6.64. The van der Waals surface area contributed by atoms with Crippen LogP contribution in [0.5, 0.6) is 5.88 Å². The second-order valence-corrected chi connectivity index (χ2v) is 13.9. The van der Waals surface area contributed by atoms with Crippen molar-refractivity contribution < 1.29 is 19.4 Å². The number of carbonyl (C=O) groups is 1. The van der Waals surface area contributed by atoms with Gasteiger partial charge in [0.05, 0.1) is 18.2 Å². The Balaban J connectivity index is 2.03. The number of methoxy groups -OCH3 is 1. The molecule has 0 bridgehead atoms. The third-order valence-electron chi connectivity index (χ3n) is 4.43. The Labute approximate surface area is 180 Å². The number of rotatable bonds is 8. The highest BCUT2D eigenvalue weighted by Gasteiger charge is 2.19. The molecule has 0 spiro atoms. The van der Waals surface area contributed by atoms with Crippen molar-refractivity contribution in [2.45, 2.75) is 32.4 Å². The number of aromatic nitrogens is 3. The molecule has 10 heteroatoms. The molecule has 30 heavy (non-hydrogen) atoms. The van der Waals surface area contributed by atoms with Gasteiger partial charge in [-0.05, 0) is 29.3 Å². The fourth-order valence-electron chi connectivity index (χ4n) is 2.96. The molecule has 0 aliphatic heterocycles. The van der Waals surface area contributed by atoms with E-state index >= 15 is 0 Å². The van der Waals surface area contributed by atoms with Crippen molar-refractivity contribution in [3.63, 3.8) is 0 Å². The number of fused-ring (bicyclic) bond motifs is 1. The van der Waals surface area contributed by atoms with Crippen molar-refractivity contribution in [2.24, 2.45) is 0 Å². The van der Waals surface area contributed by atoms with Crippen LogP contribution >= 0.6 is 11.6 Å². The molecule has 2 heterocycles. The van der Waals surface area contributed by atoms with Crippen molar-refractivity contribution >= 4 is 42.5 Å². The predicted molar refractivity (Wildman–Crippen MR) is 119 cm³/mol. The molecule has 2 aromatic heterocycles. The zero-order valence-corrected chi connectivity index (χ0v) is 19.1. The number of anilines is 1. The van der Waals surface area contributed by atoms with E-state index < -0.39 is 14.2 Å². The first-order chi connectivity index (χ1) is 14.2. The quantitative estimate of drug-likeness (QED) is 0.287. The number of nitrogens with one attached hydrogen (secondary N) is 1. The fourth-order valence-corrected chi connectivity index (χ4v) is 3.87. The Morgan fingerprint density at radius 1 is 1.37 bits per heavy atom. The normalized spacial score (nSPS) is 11.6. The summed E-state index contributed by atoms with van der Waals surface area (Å²) in [6.07, 6.45) is 0.724. The van der Waals surface area contributed by atoms with E-state index in [9.17, 15) is 4.79 Å². The zero-order valence-electron chi connectivity index (χ0n) is 17.3. The third kappa shape index (κ3) is 5.29. The van der Waals surface area contributed by atoms with Crippen LogP contribution in [0.3, 0.4) is 0 Å². The van der Waals surface area contributed by atoms with Gasteiger partial charge in [0.15, 0.2) is 5.65 Å². The second kappa shape index (κ2) is 9.03. The van der Waals surface area contributed by atoms with Crippen molar-refractivity contribution in [3.05, 3.63) is 35.7 Å². The van der Waals surface area contributed by atoms with Crippen molar-refractivity contribution in [3.8, 4) is 17.0 Å². The molecule has 3 aromatic rings. The van der Waals surface area contributed by atoms with Crippen LogP contribution in [0.2, 0.25) is 31.0 Å². The van der Waals surface area contributed by atoms with Crippen LogP contribution in [0.1, 0.15) is 0 Å². The lowest BCUT2D eigenvalue weighted by Gasteiger charge is -2.15. The first-order valence-electron chi connectivity index (χ1n) is 9.38. The summed E-state index contributed by atoms with van der Waals surface area (Å²) in [7, 11) is 0.314. The van der Waals surface area contributed by atoms with Gasteiger partial charge < -0.3 is 19.1 Å². The van der Waals surface area contributed by atoms with Crippen LogP contribution in [0.25, 0.3) is 22.2 Å². The molecule has 8 nitrogen and oxygen atoms in total. The van der Waals surface area contributed by atoms with Gasteiger partial charge in [-0.2, -0.15) is 9.97 Å². The number of hydrogen-bond donors (Lipinski definition) is 2. The smallest absolute Gasteiger partial charge is 0.409 e. The average molecular weight is 448 g/mol. The predicted octanol–water partition coefficient (Wildman–Crippen LogP) is 4.96. The fraction of sp³-hybridized carbons (Fsp3) is 0.350. The Hall–Kier alpha value is -2.62. The van der Waals surface area contributed by atoms with E-state index in [1.807, 2.05) is 16.8 Å². The average Bonchev–Trinajstić information content (AvgIpc) is 3.02. The number of ether oxygens (including phenoxy) is 2. The van der Waals surface area contributed by atoms with Gasteiger partial charge in [-0.3, -0.25) is 5.32 Å². The summed E-state index contributed by atoms with van der Waals surface area (Å²) in [4.78, 5) is 19.5. The minimum Gasteiger partial charge on any atom is -0.480 e. The number of amides is 1. The van der Waals surface area contributed by atoms with E-state index in [1.54, 1.807) is 12.1 Å². The lowest BCUT2D eigenvalue weighted by molar-refractivity contribution is 0.0899. The molecular formula is C20H24ClN4O4Si. The lowest BCUT2D eigenvalue weighted by atomic mass is 10.1. The zero-order chi connectivity index (χ0) is 21.9. The first-order valence-corrected chi connectivity index (χ1v) is 13.5. The van der Waals surface area contributed by atoms with Crippen LogP contribution in [0, 0.1) is 6.07 Å². The highest BCUT2D eigenvalue weighted by Crippen LogP contribution is 2.36. The number of benzene rings is 1. The summed E-state index contributed by atoms with van der Waals surface area (Å²) in [5.74, 6) is 0.335. The Morgan fingerprint density at radius 3 is 2.80 bits per heavy atom.